The number of aromatic nitrogens is 1. The van der Waals surface area contributed by atoms with Crippen LogP contribution in [0.3, 0.4) is 0 Å². The minimum Gasteiger partial charge on any atom is -0.295 e. The Morgan fingerprint density at radius 2 is 1.55 bits per heavy atom. The van der Waals surface area contributed by atoms with Gasteiger partial charge in [-0.15, -0.1) is 0 Å². The molecule has 13 heteroatoms. The van der Waals surface area contributed by atoms with Gasteiger partial charge in [0.1, 0.15) is 16.8 Å². The van der Waals surface area contributed by atoms with Gasteiger partial charge in [-0.05, 0) is 30.0 Å². The second-order valence-corrected chi connectivity index (χ2v) is 7.37. The first-order chi connectivity index (χ1) is 13.3. The first-order valence-electron chi connectivity index (χ1n) is 7.04. The lowest BCUT2D eigenvalue weighted by molar-refractivity contribution is -0.137. The van der Waals surface area contributed by atoms with Gasteiger partial charge < -0.3 is 0 Å². The van der Waals surface area contributed by atoms with Crippen molar-refractivity contribution in [2.45, 2.75) is 16.6 Å². The SMILES string of the molecule is N#C/C=C/c1c(SC(F)(F)F)c(C#N)c(Cl)n1-c1c(Cl)cc(C(F)(F)F)cc1Cl. The fraction of sp³-hybridized carbons (Fsp3) is 0.125. The van der Waals surface area contributed by atoms with Crippen molar-refractivity contribution >= 4 is 52.6 Å². The van der Waals surface area contributed by atoms with Crippen molar-refractivity contribution in [1.82, 2.24) is 4.57 Å². The number of nitrogens with zero attached hydrogens (tertiary/aromatic N) is 3. The van der Waals surface area contributed by atoms with E-state index in [0.29, 0.717) is 12.1 Å². The van der Waals surface area contributed by atoms with E-state index in [9.17, 15) is 31.6 Å². The molecule has 152 valence electrons. The van der Waals surface area contributed by atoms with Crippen LogP contribution in [0.2, 0.25) is 15.2 Å². The fourth-order valence-corrected chi connectivity index (χ4v) is 4.05. The van der Waals surface area contributed by atoms with E-state index in [0.717, 1.165) is 16.7 Å². The van der Waals surface area contributed by atoms with Crippen LogP contribution in [0.1, 0.15) is 16.8 Å². The molecule has 0 saturated carbocycles. The normalized spacial score (nSPS) is 12.2. The summed E-state index contributed by atoms with van der Waals surface area (Å²) in [5.41, 5.74) is -7.42. The smallest absolute Gasteiger partial charge is 0.295 e. The summed E-state index contributed by atoms with van der Waals surface area (Å²) in [6.07, 6.45) is -3.08. The number of hydrogen-bond donors (Lipinski definition) is 0. The molecular weight excluding hydrogens is 487 g/mol. The van der Waals surface area contributed by atoms with Gasteiger partial charge in [0.25, 0.3) is 0 Å². The van der Waals surface area contributed by atoms with E-state index in [4.69, 9.17) is 40.1 Å². The van der Waals surface area contributed by atoms with Crippen molar-refractivity contribution in [3.63, 3.8) is 0 Å². The Bertz CT molecular complexity index is 1050. The van der Waals surface area contributed by atoms with E-state index in [1.54, 1.807) is 6.07 Å². The monoisotopic (exact) mass is 489 g/mol. The minimum absolute atomic E-state index is 0.380. The summed E-state index contributed by atoms with van der Waals surface area (Å²) in [5.74, 6) is 0. The molecule has 2 rings (SSSR count). The van der Waals surface area contributed by atoms with Crippen molar-refractivity contribution < 1.29 is 26.3 Å². The molecule has 0 spiro atoms. The first-order valence-corrected chi connectivity index (χ1v) is 8.99. The zero-order chi connectivity index (χ0) is 22.1. The van der Waals surface area contributed by atoms with Crippen molar-refractivity contribution in [3.05, 3.63) is 50.2 Å². The van der Waals surface area contributed by atoms with Crippen LogP contribution in [0.15, 0.2) is 23.1 Å². The van der Waals surface area contributed by atoms with Crippen LogP contribution in [0.25, 0.3) is 11.8 Å². The summed E-state index contributed by atoms with van der Waals surface area (Å²) in [6, 6.07) is 4.10. The molecule has 0 aliphatic heterocycles. The number of halogens is 9. The van der Waals surface area contributed by atoms with Crippen LogP contribution in [0, 0.1) is 22.7 Å². The van der Waals surface area contributed by atoms with Gasteiger partial charge in [-0.1, -0.05) is 34.8 Å². The largest absolute Gasteiger partial charge is 0.446 e. The molecule has 1 aromatic carbocycles. The van der Waals surface area contributed by atoms with Crippen molar-refractivity contribution in [3.8, 4) is 17.8 Å². The zero-order valence-electron chi connectivity index (χ0n) is 13.5. The number of nitriles is 2. The van der Waals surface area contributed by atoms with Crippen LogP contribution in [-0.4, -0.2) is 10.1 Å². The molecule has 0 aliphatic rings. The summed E-state index contributed by atoms with van der Waals surface area (Å²) < 4.78 is 78.6. The lowest BCUT2D eigenvalue weighted by Gasteiger charge is -2.16. The zero-order valence-corrected chi connectivity index (χ0v) is 16.5. The standard InChI is InChI=1S/C16H4Cl3F6N3S/c17-9-4-7(15(20,21)22)5-10(18)12(9)28-11(2-1-3-26)13(29-16(23,24)25)8(6-27)14(28)19/h1-2,4-5H/b2-1+. The van der Waals surface area contributed by atoms with Crippen LogP contribution in [0.5, 0.6) is 0 Å². The summed E-state index contributed by atoms with van der Waals surface area (Å²) in [5, 5.41) is 16.3. The Morgan fingerprint density at radius 3 is 1.97 bits per heavy atom. The van der Waals surface area contributed by atoms with E-state index < -0.39 is 60.4 Å². The molecule has 0 atom stereocenters. The highest BCUT2D eigenvalue weighted by Crippen LogP contribution is 2.47. The Labute approximate surface area is 178 Å². The first kappa shape index (κ1) is 23.3. The van der Waals surface area contributed by atoms with Gasteiger partial charge >= 0.3 is 11.7 Å². The van der Waals surface area contributed by atoms with Crippen LogP contribution in [-0.2, 0) is 6.18 Å². The maximum atomic E-state index is 13.0. The number of allylic oxidation sites excluding steroid dienone is 1. The third kappa shape index (κ3) is 4.96. The maximum absolute atomic E-state index is 13.0. The molecule has 3 nitrogen and oxygen atoms in total. The molecule has 0 aliphatic carbocycles. The fourth-order valence-electron chi connectivity index (χ4n) is 2.28. The van der Waals surface area contributed by atoms with E-state index in [1.165, 1.54) is 6.07 Å². The number of benzene rings is 1. The summed E-state index contributed by atoms with van der Waals surface area (Å²) in [6.45, 7) is 0. The molecule has 0 fully saturated rings. The predicted octanol–water partition coefficient (Wildman–Crippen LogP) is 7.48. The van der Waals surface area contributed by atoms with Crippen LogP contribution < -0.4 is 0 Å². The highest BCUT2D eigenvalue weighted by molar-refractivity contribution is 8.00. The third-order valence-corrected chi connectivity index (χ3v) is 5.10. The molecular formula is C16H4Cl3F6N3S. The molecule has 0 unspecified atom stereocenters. The molecule has 1 heterocycles. The molecule has 0 saturated heterocycles. The lowest BCUT2D eigenvalue weighted by atomic mass is 10.2. The Hall–Kier alpha value is -1.98. The van der Waals surface area contributed by atoms with E-state index >= 15 is 0 Å². The van der Waals surface area contributed by atoms with Gasteiger partial charge in [0, 0.05) is 6.08 Å². The number of alkyl halides is 6. The summed E-state index contributed by atoms with van der Waals surface area (Å²) in [4.78, 5) is -0.663. The molecule has 29 heavy (non-hydrogen) atoms. The number of hydrogen-bond acceptors (Lipinski definition) is 3. The maximum Gasteiger partial charge on any atom is 0.446 e. The van der Waals surface area contributed by atoms with E-state index in [1.807, 2.05) is 0 Å². The van der Waals surface area contributed by atoms with Gasteiger partial charge in [0.15, 0.2) is 0 Å². The van der Waals surface area contributed by atoms with Gasteiger partial charge in [0.2, 0.25) is 0 Å². The topological polar surface area (TPSA) is 52.5 Å². The average Bonchev–Trinajstić information content (AvgIpc) is 2.81. The molecule has 0 N–H and O–H groups in total. The highest BCUT2D eigenvalue weighted by atomic mass is 35.5. The number of rotatable bonds is 3. The quantitative estimate of drug-likeness (QED) is 0.255. The van der Waals surface area contributed by atoms with Gasteiger partial charge in [-0.25, -0.2) is 0 Å². The van der Waals surface area contributed by atoms with Crippen LogP contribution in [0.4, 0.5) is 26.3 Å². The average molecular weight is 491 g/mol. The van der Waals surface area contributed by atoms with Crippen molar-refractivity contribution in [2.24, 2.45) is 0 Å². The summed E-state index contributed by atoms with van der Waals surface area (Å²) >= 11 is 17.2. The second-order valence-electron chi connectivity index (χ2n) is 5.12. The van der Waals surface area contributed by atoms with E-state index in [-0.39, 0.29) is 5.69 Å². The van der Waals surface area contributed by atoms with E-state index in [2.05, 4.69) is 0 Å². The predicted molar refractivity (Wildman–Crippen MR) is 97.1 cm³/mol. The Kier molecular flexibility index (Phi) is 6.75. The molecule has 2 aromatic rings. The second kappa shape index (κ2) is 8.41. The van der Waals surface area contributed by atoms with Crippen molar-refractivity contribution in [1.29, 1.82) is 10.5 Å². The van der Waals surface area contributed by atoms with Gasteiger partial charge in [-0.3, -0.25) is 4.57 Å². The van der Waals surface area contributed by atoms with Gasteiger partial charge in [0.05, 0.1) is 38.0 Å². The van der Waals surface area contributed by atoms with Gasteiger partial charge in [-0.2, -0.15) is 36.9 Å². The molecule has 0 radical (unpaired) electrons. The molecule has 1 aromatic heterocycles. The summed E-state index contributed by atoms with van der Waals surface area (Å²) in [7, 11) is 0. The number of thioether (sulfide) groups is 1. The van der Waals surface area contributed by atoms with Crippen molar-refractivity contribution in [2.75, 3.05) is 0 Å². The Balaban J connectivity index is 2.92. The minimum atomic E-state index is -4.83. The lowest BCUT2D eigenvalue weighted by Crippen LogP contribution is -2.07. The third-order valence-electron chi connectivity index (χ3n) is 3.32. The van der Waals surface area contributed by atoms with Crippen LogP contribution >= 0.6 is 46.6 Å². The Morgan fingerprint density at radius 1 is 1.00 bits per heavy atom. The molecule has 0 amide bonds. The highest BCUT2D eigenvalue weighted by Gasteiger charge is 2.36. The molecule has 0 bridgehead atoms.